The Balaban J connectivity index is 1.88. The minimum atomic E-state index is -0.426. The molecular formula is C12H14ClNO2. The molecule has 0 spiro atoms. The van der Waals surface area contributed by atoms with Crippen LogP contribution in [0.1, 0.15) is 18.4 Å². The van der Waals surface area contributed by atoms with Crippen molar-refractivity contribution in [3.05, 3.63) is 35.9 Å². The van der Waals surface area contributed by atoms with E-state index in [1.807, 2.05) is 30.3 Å². The molecule has 1 heterocycles. The molecule has 1 amide bonds. The number of carbonyl (C=O) groups is 1. The van der Waals surface area contributed by atoms with Crippen LogP contribution in [-0.4, -0.2) is 22.9 Å². The van der Waals surface area contributed by atoms with Gasteiger partial charge in [0, 0.05) is 6.54 Å². The van der Waals surface area contributed by atoms with Crippen molar-refractivity contribution >= 4 is 17.5 Å². The van der Waals surface area contributed by atoms with Gasteiger partial charge in [-0.2, -0.15) is 0 Å². The average molecular weight is 240 g/mol. The third kappa shape index (κ3) is 2.74. The van der Waals surface area contributed by atoms with Crippen LogP contribution in [0.25, 0.3) is 0 Å². The van der Waals surface area contributed by atoms with Crippen molar-refractivity contribution < 1.29 is 9.63 Å². The summed E-state index contributed by atoms with van der Waals surface area (Å²) in [5.41, 5.74) is 1.05. The normalized spacial score (nSPS) is 21.2. The summed E-state index contributed by atoms with van der Waals surface area (Å²) in [5, 5.41) is 0.957. The number of benzene rings is 1. The predicted octanol–water partition coefficient (Wildman–Crippen LogP) is 2.35. The number of carbonyl (C=O) groups excluding carboxylic acids is 1. The molecule has 0 radical (unpaired) electrons. The average Bonchev–Trinajstić information content (AvgIpc) is 2.32. The van der Waals surface area contributed by atoms with E-state index in [4.69, 9.17) is 16.4 Å². The molecule has 86 valence electrons. The highest BCUT2D eigenvalue weighted by molar-refractivity contribution is 6.30. The first-order chi connectivity index (χ1) is 7.77. The van der Waals surface area contributed by atoms with Gasteiger partial charge in [0.15, 0.2) is 0 Å². The lowest BCUT2D eigenvalue weighted by molar-refractivity contribution is -0.195. The van der Waals surface area contributed by atoms with Gasteiger partial charge in [0.1, 0.15) is 12.0 Å². The van der Waals surface area contributed by atoms with Gasteiger partial charge >= 0.3 is 0 Å². The zero-order valence-corrected chi connectivity index (χ0v) is 9.69. The van der Waals surface area contributed by atoms with Gasteiger partial charge in [-0.1, -0.05) is 30.3 Å². The van der Waals surface area contributed by atoms with E-state index in [1.165, 1.54) is 5.06 Å². The van der Waals surface area contributed by atoms with Crippen LogP contribution in [0.4, 0.5) is 0 Å². The van der Waals surface area contributed by atoms with Gasteiger partial charge in [0.05, 0.1) is 0 Å². The van der Waals surface area contributed by atoms with Gasteiger partial charge in [-0.25, -0.2) is 5.06 Å². The molecular weight excluding hydrogens is 226 g/mol. The van der Waals surface area contributed by atoms with E-state index in [0.29, 0.717) is 13.2 Å². The third-order valence-corrected chi connectivity index (χ3v) is 2.97. The Kier molecular flexibility index (Phi) is 3.80. The monoisotopic (exact) mass is 239 g/mol. The maximum Gasteiger partial charge on any atom is 0.264 e. The lowest BCUT2D eigenvalue weighted by atomic mass is 10.1. The smallest absolute Gasteiger partial charge is 0.264 e. The number of hydrogen-bond acceptors (Lipinski definition) is 2. The Morgan fingerprint density at radius 1 is 1.38 bits per heavy atom. The molecule has 1 aromatic carbocycles. The summed E-state index contributed by atoms with van der Waals surface area (Å²) < 4.78 is 0. The van der Waals surface area contributed by atoms with E-state index in [2.05, 4.69) is 0 Å². The zero-order valence-electron chi connectivity index (χ0n) is 8.93. The second-order valence-electron chi connectivity index (χ2n) is 3.81. The zero-order chi connectivity index (χ0) is 11.4. The molecule has 0 aromatic heterocycles. The minimum absolute atomic E-state index is 0.121. The predicted molar refractivity (Wildman–Crippen MR) is 61.8 cm³/mol. The van der Waals surface area contributed by atoms with Crippen LogP contribution in [0.5, 0.6) is 0 Å². The molecule has 1 aliphatic heterocycles. The van der Waals surface area contributed by atoms with Crippen LogP contribution in [-0.2, 0) is 16.2 Å². The number of amides is 1. The molecule has 1 saturated heterocycles. The molecule has 0 saturated carbocycles. The molecule has 3 nitrogen and oxygen atoms in total. The molecule has 0 bridgehead atoms. The number of hydrogen-bond donors (Lipinski definition) is 0. The van der Waals surface area contributed by atoms with Crippen molar-refractivity contribution in [3.8, 4) is 0 Å². The van der Waals surface area contributed by atoms with Crippen molar-refractivity contribution in [2.45, 2.75) is 24.8 Å². The first-order valence-corrected chi connectivity index (χ1v) is 5.83. The fraction of sp³-hybridized carbons (Fsp3) is 0.417. The van der Waals surface area contributed by atoms with Crippen LogP contribution in [0.2, 0.25) is 0 Å². The van der Waals surface area contributed by atoms with E-state index in [1.54, 1.807) is 0 Å². The van der Waals surface area contributed by atoms with E-state index < -0.39 is 5.38 Å². The van der Waals surface area contributed by atoms with Gasteiger partial charge in [-0.15, -0.1) is 11.6 Å². The van der Waals surface area contributed by atoms with Crippen LogP contribution >= 0.6 is 11.6 Å². The maximum absolute atomic E-state index is 11.6. The van der Waals surface area contributed by atoms with Crippen molar-refractivity contribution in [3.63, 3.8) is 0 Å². The molecule has 0 aliphatic carbocycles. The lowest BCUT2D eigenvalue weighted by Gasteiger charge is -2.28. The highest BCUT2D eigenvalue weighted by atomic mass is 35.5. The molecule has 16 heavy (non-hydrogen) atoms. The molecule has 1 fully saturated rings. The van der Waals surface area contributed by atoms with Crippen LogP contribution in [0.15, 0.2) is 30.3 Å². The molecule has 1 atom stereocenters. The molecule has 2 rings (SSSR count). The second kappa shape index (κ2) is 5.32. The summed E-state index contributed by atoms with van der Waals surface area (Å²) in [6.07, 6.45) is 1.64. The highest BCUT2D eigenvalue weighted by Gasteiger charge is 2.27. The summed E-state index contributed by atoms with van der Waals surface area (Å²) in [5.74, 6) is -0.121. The molecule has 4 heteroatoms. The first kappa shape index (κ1) is 11.4. The van der Waals surface area contributed by atoms with Crippen molar-refractivity contribution in [2.24, 2.45) is 0 Å². The number of alkyl halides is 1. The second-order valence-corrected chi connectivity index (χ2v) is 4.34. The first-order valence-electron chi connectivity index (χ1n) is 5.39. The van der Waals surface area contributed by atoms with Crippen molar-refractivity contribution in [2.75, 3.05) is 6.54 Å². The Labute approximate surface area is 99.9 Å². The Morgan fingerprint density at radius 2 is 2.12 bits per heavy atom. The minimum Gasteiger partial charge on any atom is -0.271 e. The fourth-order valence-corrected chi connectivity index (χ4v) is 1.92. The third-order valence-electron chi connectivity index (χ3n) is 2.56. The quantitative estimate of drug-likeness (QED) is 0.758. The molecule has 1 aliphatic rings. The summed E-state index contributed by atoms with van der Waals surface area (Å²) in [6.45, 7) is 1.05. The molecule has 0 N–H and O–H groups in total. The van der Waals surface area contributed by atoms with Crippen LogP contribution < -0.4 is 0 Å². The number of rotatable bonds is 3. The van der Waals surface area contributed by atoms with E-state index in [9.17, 15) is 4.79 Å². The number of nitrogens with zero attached hydrogens (tertiary/aromatic N) is 1. The van der Waals surface area contributed by atoms with Crippen molar-refractivity contribution in [1.82, 2.24) is 5.06 Å². The largest absolute Gasteiger partial charge is 0.271 e. The van der Waals surface area contributed by atoms with Crippen molar-refractivity contribution in [1.29, 1.82) is 0 Å². The lowest BCUT2D eigenvalue weighted by Crippen LogP contribution is -2.41. The topological polar surface area (TPSA) is 29.5 Å². The standard InChI is InChI=1S/C12H14ClNO2/c13-11-7-4-8-14(12(11)15)16-9-10-5-2-1-3-6-10/h1-3,5-6,11H,4,7-9H2. The molecule has 1 aromatic rings. The SMILES string of the molecule is O=C1C(Cl)CCCN1OCc1ccccc1. The number of hydroxylamine groups is 2. The van der Waals surface area contributed by atoms with Gasteiger partial charge in [0.25, 0.3) is 5.91 Å². The van der Waals surface area contributed by atoms with E-state index in [-0.39, 0.29) is 5.91 Å². The summed E-state index contributed by atoms with van der Waals surface area (Å²) >= 11 is 5.87. The summed E-state index contributed by atoms with van der Waals surface area (Å²) in [6, 6.07) is 9.77. The number of piperidine rings is 1. The van der Waals surface area contributed by atoms with E-state index >= 15 is 0 Å². The highest BCUT2D eigenvalue weighted by Crippen LogP contribution is 2.17. The Hall–Kier alpha value is -1.06. The summed E-state index contributed by atoms with van der Waals surface area (Å²) in [4.78, 5) is 17.1. The van der Waals surface area contributed by atoms with Gasteiger partial charge in [-0.3, -0.25) is 9.63 Å². The number of halogens is 1. The van der Waals surface area contributed by atoms with Gasteiger partial charge in [-0.05, 0) is 18.4 Å². The van der Waals surface area contributed by atoms with Crippen LogP contribution in [0.3, 0.4) is 0 Å². The fourth-order valence-electron chi connectivity index (χ4n) is 1.66. The maximum atomic E-state index is 11.6. The summed E-state index contributed by atoms with van der Waals surface area (Å²) in [7, 11) is 0. The molecule has 1 unspecified atom stereocenters. The Morgan fingerprint density at radius 3 is 2.88 bits per heavy atom. The van der Waals surface area contributed by atoms with E-state index in [0.717, 1.165) is 18.4 Å². The Bertz CT molecular complexity index is 355. The van der Waals surface area contributed by atoms with Gasteiger partial charge in [0.2, 0.25) is 0 Å². The van der Waals surface area contributed by atoms with Crippen LogP contribution in [0, 0.1) is 0 Å². The van der Waals surface area contributed by atoms with Gasteiger partial charge < -0.3 is 0 Å².